The van der Waals surface area contributed by atoms with Gasteiger partial charge in [-0.15, -0.1) is 6.58 Å². The number of benzene rings is 2. The lowest BCUT2D eigenvalue weighted by Crippen LogP contribution is -2.79. The summed E-state index contributed by atoms with van der Waals surface area (Å²) in [4.78, 5) is 30.5. The van der Waals surface area contributed by atoms with Crippen LogP contribution in [0.2, 0.25) is 0 Å². The lowest BCUT2D eigenvalue weighted by atomic mass is 9.48. The second kappa shape index (κ2) is 9.56. The number of amides is 1. The lowest BCUT2D eigenvalue weighted by molar-refractivity contribution is -0.222. The van der Waals surface area contributed by atoms with Crippen molar-refractivity contribution in [1.29, 1.82) is 0 Å². The Morgan fingerprint density at radius 3 is 2.72 bits per heavy atom. The lowest BCUT2D eigenvalue weighted by Gasteiger charge is -2.65. The number of esters is 1. The molecule has 5 atom stereocenters. The first kappa shape index (κ1) is 25.7. The van der Waals surface area contributed by atoms with E-state index in [1.54, 1.807) is 13.2 Å². The number of likely N-dealkylation sites (N-methyl/N-ethyl adjacent to an activating group) is 1. The molecule has 1 saturated heterocycles. The maximum Gasteiger partial charge on any atom is 0.303 e. The van der Waals surface area contributed by atoms with Crippen LogP contribution in [0.25, 0.3) is 6.08 Å². The minimum absolute atomic E-state index is 0.00831. The Hall–Kier alpha value is -3.58. The zero-order chi connectivity index (χ0) is 27.4. The topological polar surface area (TPSA) is 68.3 Å². The molecule has 0 radical (unpaired) electrons. The van der Waals surface area contributed by atoms with E-state index in [9.17, 15) is 9.59 Å². The average Bonchev–Trinajstić information content (AvgIpc) is 3.28. The van der Waals surface area contributed by atoms with Crippen LogP contribution in [0.3, 0.4) is 0 Å². The number of likely N-dealkylation sites (tertiary alicyclic amines) is 1. The highest BCUT2D eigenvalue weighted by Gasteiger charge is 2.75. The summed E-state index contributed by atoms with van der Waals surface area (Å²) in [5.74, 6) is 1.05. The van der Waals surface area contributed by atoms with Gasteiger partial charge in [0.1, 0.15) is 11.7 Å². The highest BCUT2D eigenvalue weighted by molar-refractivity contribution is 5.92. The average molecular weight is 529 g/mol. The van der Waals surface area contributed by atoms with Crippen LogP contribution in [0, 0.1) is 0 Å². The van der Waals surface area contributed by atoms with Gasteiger partial charge in [-0.3, -0.25) is 14.5 Å². The summed E-state index contributed by atoms with van der Waals surface area (Å²) in [5.41, 5.74) is 1.93. The Morgan fingerprint density at radius 1 is 1.21 bits per heavy atom. The number of hydrogen-bond acceptors (Lipinski definition) is 6. The second-order valence-electron chi connectivity index (χ2n) is 11.2. The number of piperidine rings is 1. The minimum atomic E-state index is -0.768. The van der Waals surface area contributed by atoms with Crippen molar-refractivity contribution >= 4 is 18.0 Å². The molecule has 2 aliphatic heterocycles. The molecule has 2 aromatic rings. The summed E-state index contributed by atoms with van der Waals surface area (Å²) >= 11 is 0. The second-order valence-corrected chi connectivity index (χ2v) is 11.2. The molecule has 2 aromatic carbocycles. The number of ether oxygens (including phenoxy) is 3. The number of rotatable bonds is 7. The van der Waals surface area contributed by atoms with E-state index in [1.807, 2.05) is 60.5 Å². The number of carbonyl (C=O) groups excluding carboxylic acids is 2. The van der Waals surface area contributed by atoms with Crippen molar-refractivity contribution in [3.63, 3.8) is 0 Å². The molecule has 39 heavy (non-hydrogen) atoms. The van der Waals surface area contributed by atoms with Crippen LogP contribution in [0.1, 0.15) is 42.9 Å². The molecule has 1 saturated carbocycles. The summed E-state index contributed by atoms with van der Waals surface area (Å²) in [6.45, 7) is 7.04. The van der Waals surface area contributed by atoms with E-state index >= 15 is 0 Å². The van der Waals surface area contributed by atoms with Crippen LogP contribution in [-0.2, 0) is 26.2 Å². The summed E-state index contributed by atoms with van der Waals surface area (Å²) in [6.07, 6.45) is 7.84. The van der Waals surface area contributed by atoms with Gasteiger partial charge in [0.15, 0.2) is 11.5 Å². The Labute approximate surface area is 230 Å². The van der Waals surface area contributed by atoms with Crippen LogP contribution in [0.4, 0.5) is 0 Å². The molecule has 7 heteroatoms. The first-order chi connectivity index (χ1) is 18.9. The maximum atomic E-state index is 13.5. The van der Waals surface area contributed by atoms with Crippen molar-refractivity contribution < 1.29 is 23.8 Å². The predicted molar refractivity (Wildman–Crippen MR) is 149 cm³/mol. The van der Waals surface area contributed by atoms with Crippen molar-refractivity contribution in [3.05, 3.63) is 77.9 Å². The Balaban J connectivity index is 1.46. The standard InChI is InChI=1S/C32H36N2O5/c1-5-18-34-19-17-31-28-23-12-13-25(37-4)29(28)38-30(31)24(15-16-32(31,26(34)20-23)39-21(2)35)33(3)27(36)14-11-22-9-7-6-8-10-22/h5-14,24,26,30H,1,15-20H2,2-4H3/b14-11+/t24?,26-,30?,31+,32-/m1/s1. The summed E-state index contributed by atoms with van der Waals surface area (Å²) in [6, 6.07) is 13.7. The van der Waals surface area contributed by atoms with Crippen molar-refractivity contribution in [3.8, 4) is 11.5 Å². The van der Waals surface area contributed by atoms with E-state index in [0.29, 0.717) is 18.6 Å². The monoisotopic (exact) mass is 528 g/mol. The van der Waals surface area contributed by atoms with E-state index in [2.05, 4.69) is 17.5 Å². The van der Waals surface area contributed by atoms with Gasteiger partial charge >= 0.3 is 5.97 Å². The van der Waals surface area contributed by atoms with Crippen molar-refractivity contribution in [2.75, 3.05) is 27.2 Å². The van der Waals surface area contributed by atoms with Gasteiger partial charge in [0.2, 0.25) is 5.91 Å². The Bertz CT molecular complexity index is 1340. The molecule has 4 aliphatic rings. The highest BCUT2D eigenvalue weighted by Crippen LogP contribution is 2.67. The van der Waals surface area contributed by atoms with E-state index in [4.69, 9.17) is 14.2 Å². The highest BCUT2D eigenvalue weighted by atomic mass is 16.6. The fraction of sp³-hybridized carbons (Fsp3) is 0.438. The summed E-state index contributed by atoms with van der Waals surface area (Å²) < 4.78 is 19.1. The first-order valence-electron chi connectivity index (χ1n) is 13.8. The molecule has 2 bridgehead atoms. The van der Waals surface area contributed by atoms with Gasteiger partial charge in [-0.05, 0) is 49.0 Å². The molecule has 0 N–H and O–H groups in total. The number of carbonyl (C=O) groups is 2. The van der Waals surface area contributed by atoms with E-state index < -0.39 is 11.0 Å². The smallest absolute Gasteiger partial charge is 0.303 e. The SMILES string of the molecule is C=CCN1CC[C@]23c4c5ccc(OC)c4OC2C(N(C)C(=O)/C=C/c2ccccc2)CC[C@@]3(OC(C)=O)[C@H]1C5. The molecule has 0 aromatic heterocycles. The fourth-order valence-electron chi connectivity index (χ4n) is 7.98. The van der Waals surface area contributed by atoms with Gasteiger partial charge in [0.05, 0.1) is 24.6 Å². The molecule has 1 spiro atoms. The zero-order valence-corrected chi connectivity index (χ0v) is 22.9. The molecular formula is C32H36N2O5. The van der Waals surface area contributed by atoms with Gasteiger partial charge in [0.25, 0.3) is 0 Å². The number of methoxy groups -OCH3 is 1. The van der Waals surface area contributed by atoms with Crippen LogP contribution >= 0.6 is 0 Å². The molecule has 7 nitrogen and oxygen atoms in total. The normalized spacial score (nSPS) is 30.3. The van der Waals surface area contributed by atoms with Gasteiger partial charge in [-0.25, -0.2) is 0 Å². The zero-order valence-electron chi connectivity index (χ0n) is 22.9. The molecule has 2 fully saturated rings. The van der Waals surface area contributed by atoms with Gasteiger partial charge in [-0.2, -0.15) is 0 Å². The van der Waals surface area contributed by atoms with E-state index in [1.165, 1.54) is 12.5 Å². The van der Waals surface area contributed by atoms with Crippen LogP contribution < -0.4 is 9.47 Å². The Kier molecular flexibility index (Phi) is 6.29. The predicted octanol–water partition coefficient (Wildman–Crippen LogP) is 4.15. The maximum absolute atomic E-state index is 13.5. The molecule has 2 aliphatic carbocycles. The van der Waals surface area contributed by atoms with Gasteiger partial charge in [-0.1, -0.05) is 42.5 Å². The van der Waals surface area contributed by atoms with Gasteiger partial charge in [0, 0.05) is 38.7 Å². The third-order valence-corrected chi connectivity index (χ3v) is 9.46. The molecule has 204 valence electrons. The van der Waals surface area contributed by atoms with Crippen LogP contribution in [0.5, 0.6) is 11.5 Å². The molecule has 1 amide bonds. The molecule has 2 heterocycles. The van der Waals surface area contributed by atoms with Crippen molar-refractivity contribution in [2.45, 2.75) is 61.8 Å². The molecular weight excluding hydrogens is 492 g/mol. The summed E-state index contributed by atoms with van der Waals surface area (Å²) in [7, 11) is 3.51. The Morgan fingerprint density at radius 2 is 2.00 bits per heavy atom. The quantitative estimate of drug-likeness (QED) is 0.306. The first-order valence-corrected chi connectivity index (χ1v) is 13.8. The fourth-order valence-corrected chi connectivity index (χ4v) is 7.98. The number of hydrogen-bond donors (Lipinski definition) is 0. The molecule has 6 rings (SSSR count). The summed E-state index contributed by atoms with van der Waals surface area (Å²) in [5, 5.41) is 0. The number of nitrogens with zero attached hydrogens (tertiary/aromatic N) is 2. The van der Waals surface area contributed by atoms with Crippen molar-refractivity contribution in [2.24, 2.45) is 0 Å². The van der Waals surface area contributed by atoms with E-state index in [-0.39, 0.29) is 30.1 Å². The largest absolute Gasteiger partial charge is 0.493 e. The third kappa shape index (κ3) is 3.66. The minimum Gasteiger partial charge on any atom is -0.493 e. The van der Waals surface area contributed by atoms with E-state index in [0.717, 1.165) is 42.8 Å². The molecule has 2 unspecified atom stereocenters. The van der Waals surface area contributed by atoms with Crippen molar-refractivity contribution in [1.82, 2.24) is 9.80 Å². The van der Waals surface area contributed by atoms with Crippen LogP contribution in [-0.4, -0.2) is 72.7 Å². The van der Waals surface area contributed by atoms with Gasteiger partial charge < -0.3 is 19.1 Å². The third-order valence-electron chi connectivity index (χ3n) is 9.46. The van der Waals surface area contributed by atoms with Crippen LogP contribution in [0.15, 0.2) is 61.2 Å².